The Kier molecular flexibility index (Phi) is 6.71. The fourth-order valence-corrected chi connectivity index (χ4v) is 3.22. The Balaban J connectivity index is 1.64. The van der Waals surface area contributed by atoms with Gasteiger partial charge in [0.1, 0.15) is 18.5 Å². The van der Waals surface area contributed by atoms with Gasteiger partial charge in [-0.1, -0.05) is 0 Å². The third-order valence-electron chi connectivity index (χ3n) is 4.69. The van der Waals surface area contributed by atoms with Crippen LogP contribution in [-0.2, 0) is 11.3 Å². The molecule has 0 saturated carbocycles. The van der Waals surface area contributed by atoms with E-state index in [-0.39, 0.29) is 30.5 Å². The molecule has 162 valence electrons. The largest absolute Gasteiger partial charge is 0.491 e. The highest BCUT2D eigenvalue weighted by Crippen LogP contribution is 2.16. The average molecular weight is 423 g/mol. The summed E-state index contributed by atoms with van der Waals surface area (Å²) in [6, 6.07) is 13.6. The van der Waals surface area contributed by atoms with Gasteiger partial charge in [-0.2, -0.15) is 0 Å². The Morgan fingerprint density at radius 1 is 1.06 bits per heavy atom. The van der Waals surface area contributed by atoms with E-state index in [4.69, 9.17) is 4.74 Å². The van der Waals surface area contributed by atoms with Crippen molar-refractivity contribution in [3.63, 3.8) is 0 Å². The van der Waals surface area contributed by atoms with Crippen LogP contribution in [0.2, 0.25) is 0 Å². The molecule has 1 amide bonds. The molecule has 8 nitrogen and oxygen atoms in total. The summed E-state index contributed by atoms with van der Waals surface area (Å²) in [4.78, 5) is 35.3. The lowest BCUT2D eigenvalue weighted by Crippen LogP contribution is -2.31. The zero-order chi connectivity index (χ0) is 22.5. The Bertz CT molecular complexity index is 1130. The zero-order valence-electron chi connectivity index (χ0n) is 17.7. The van der Waals surface area contributed by atoms with Crippen LogP contribution in [0, 0.1) is 6.92 Å². The number of hydrogen-bond acceptors (Lipinski definition) is 5. The minimum Gasteiger partial charge on any atom is -0.491 e. The molecule has 1 atom stereocenters. The maximum Gasteiger partial charge on any atom is 0.333 e. The van der Waals surface area contributed by atoms with Crippen molar-refractivity contribution in [3.05, 3.63) is 76.5 Å². The first-order valence-corrected chi connectivity index (χ1v) is 9.83. The summed E-state index contributed by atoms with van der Waals surface area (Å²) in [7, 11) is 0. The van der Waals surface area contributed by atoms with Gasteiger partial charge in [0.2, 0.25) is 5.91 Å². The second-order valence-corrected chi connectivity index (χ2v) is 7.31. The number of aryl methyl sites for hydroxylation is 1. The van der Waals surface area contributed by atoms with Crippen LogP contribution in [0.15, 0.2) is 59.5 Å². The Labute approximate surface area is 179 Å². The van der Waals surface area contributed by atoms with E-state index in [1.165, 1.54) is 23.0 Å². The van der Waals surface area contributed by atoms with Crippen molar-refractivity contribution in [3.8, 4) is 11.4 Å². The summed E-state index contributed by atoms with van der Waals surface area (Å²) in [6.45, 7) is 4.80. The number of rotatable bonds is 8. The van der Waals surface area contributed by atoms with Crippen LogP contribution >= 0.6 is 0 Å². The number of anilines is 1. The molecule has 0 aliphatic rings. The fourth-order valence-electron chi connectivity index (χ4n) is 3.22. The number of Topliss-reactive ketones (excluding diaryl/α,β-unsaturated/α-hetero) is 1. The minimum atomic E-state index is -0.900. The molecule has 8 heteroatoms. The molecule has 31 heavy (non-hydrogen) atoms. The van der Waals surface area contributed by atoms with E-state index in [0.29, 0.717) is 28.4 Å². The van der Waals surface area contributed by atoms with Gasteiger partial charge in [-0.15, -0.1) is 0 Å². The number of ether oxygens (including phenoxy) is 1. The standard InChI is InChI=1S/C23H25N3O5/c1-15-12-25(23(30)26(15)20-8-4-18(5-9-20)16(2)27)13-21(29)14-31-22-10-6-19(7-11-22)24-17(3)28/h4-12,21,29H,13-14H2,1-3H3,(H,24,28)/t21-/m1/s1. The first kappa shape index (κ1) is 22.0. The smallest absolute Gasteiger partial charge is 0.333 e. The number of amides is 1. The highest BCUT2D eigenvalue weighted by Gasteiger charge is 2.14. The molecular weight excluding hydrogens is 398 g/mol. The number of aliphatic hydroxyl groups is 1. The highest BCUT2D eigenvalue weighted by atomic mass is 16.5. The SMILES string of the molecule is CC(=O)Nc1ccc(OC[C@H](O)Cn2cc(C)n(-c3ccc(C(C)=O)cc3)c2=O)cc1. The lowest BCUT2D eigenvalue weighted by molar-refractivity contribution is -0.114. The Morgan fingerprint density at radius 3 is 2.29 bits per heavy atom. The summed E-state index contributed by atoms with van der Waals surface area (Å²) in [5.41, 5.74) is 2.30. The third-order valence-corrected chi connectivity index (χ3v) is 4.69. The van der Waals surface area contributed by atoms with Gasteiger partial charge < -0.3 is 15.2 Å². The first-order valence-electron chi connectivity index (χ1n) is 9.83. The van der Waals surface area contributed by atoms with Crippen molar-refractivity contribution in [2.75, 3.05) is 11.9 Å². The van der Waals surface area contributed by atoms with E-state index < -0.39 is 6.10 Å². The van der Waals surface area contributed by atoms with Crippen molar-refractivity contribution in [1.82, 2.24) is 9.13 Å². The quantitative estimate of drug-likeness (QED) is 0.542. The van der Waals surface area contributed by atoms with Gasteiger partial charge in [0.25, 0.3) is 0 Å². The molecule has 0 radical (unpaired) electrons. The van der Waals surface area contributed by atoms with Crippen LogP contribution in [0.1, 0.15) is 29.9 Å². The molecule has 0 unspecified atom stereocenters. The van der Waals surface area contributed by atoms with Crippen LogP contribution in [0.4, 0.5) is 5.69 Å². The fraction of sp³-hybridized carbons (Fsp3) is 0.261. The summed E-state index contributed by atoms with van der Waals surface area (Å²) in [6.07, 6.45) is 0.773. The molecular formula is C23H25N3O5. The predicted molar refractivity (Wildman–Crippen MR) is 117 cm³/mol. The summed E-state index contributed by atoms with van der Waals surface area (Å²) >= 11 is 0. The second-order valence-electron chi connectivity index (χ2n) is 7.31. The second kappa shape index (κ2) is 9.44. The molecule has 0 spiro atoms. The molecule has 3 aromatic rings. The van der Waals surface area contributed by atoms with Crippen molar-refractivity contribution < 1.29 is 19.4 Å². The van der Waals surface area contributed by atoms with Crippen molar-refractivity contribution >= 4 is 17.4 Å². The van der Waals surface area contributed by atoms with Crippen LogP contribution in [0.5, 0.6) is 5.75 Å². The average Bonchev–Trinajstić information content (AvgIpc) is 3.00. The summed E-state index contributed by atoms with van der Waals surface area (Å²) in [5.74, 6) is 0.340. The van der Waals surface area contributed by atoms with Crippen LogP contribution in [0.3, 0.4) is 0 Å². The Morgan fingerprint density at radius 2 is 1.71 bits per heavy atom. The van der Waals surface area contributed by atoms with Crippen LogP contribution in [-0.4, -0.2) is 38.6 Å². The molecule has 1 aromatic heterocycles. The molecule has 2 aromatic carbocycles. The van der Waals surface area contributed by atoms with E-state index in [0.717, 1.165) is 0 Å². The van der Waals surface area contributed by atoms with Gasteiger partial charge in [-0.3, -0.25) is 18.7 Å². The number of aliphatic hydroxyl groups excluding tert-OH is 1. The normalized spacial score (nSPS) is 11.7. The van der Waals surface area contributed by atoms with Crippen molar-refractivity contribution in [1.29, 1.82) is 0 Å². The number of nitrogens with one attached hydrogen (secondary N) is 1. The van der Waals surface area contributed by atoms with Crippen LogP contribution in [0.25, 0.3) is 5.69 Å². The first-order chi connectivity index (χ1) is 14.7. The molecule has 3 rings (SSSR count). The van der Waals surface area contributed by atoms with Crippen molar-refractivity contribution in [2.24, 2.45) is 0 Å². The lowest BCUT2D eigenvalue weighted by atomic mass is 10.1. The molecule has 0 bridgehead atoms. The Hall–Kier alpha value is -3.65. The van der Waals surface area contributed by atoms with Gasteiger partial charge in [-0.25, -0.2) is 4.79 Å². The number of hydrogen-bond donors (Lipinski definition) is 2. The maximum atomic E-state index is 12.8. The third kappa shape index (κ3) is 5.49. The number of imidazole rings is 1. The minimum absolute atomic E-state index is 0.00343. The molecule has 0 aliphatic heterocycles. The summed E-state index contributed by atoms with van der Waals surface area (Å²) < 4.78 is 8.54. The molecule has 0 fully saturated rings. The van der Waals surface area contributed by atoms with Crippen LogP contribution < -0.4 is 15.7 Å². The van der Waals surface area contributed by atoms with Gasteiger partial charge in [0.05, 0.1) is 12.2 Å². The molecule has 1 heterocycles. The number of benzene rings is 2. The number of aromatic nitrogens is 2. The summed E-state index contributed by atoms with van der Waals surface area (Å²) in [5, 5.41) is 13.0. The zero-order valence-corrected chi connectivity index (χ0v) is 17.7. The number of nitrogens with zero attached hydrogens (tertiary/aromatic N) is 2. The lowest BCUT2D eigenvalue weighted by Gasteiger charge is -2.13. The molecule has 2 N–H and O–H groups in total. The number of ketones is 1. The maximum absolute atomic E-state index is 12.8. The number of carbonyl (C=O) groups is 2. The van der Waals surface area contributed by atoms with Gasteiger partial charge in [-0.05, 0) is 62.4 Å². The monoisotopic (exact) mass is 423 g/mol. The number of carbonyl (C=O) groups excluding carboxylic acids is 2. The topological polar surface area (TPSA) is 103 Å². The van der Waals surface area contributed by atoms with E-state index in [2.05, 4.69) is 5.32 Å². The van der Waals surface area contributed by atoms with Gasteiger partial charge >= 0.3 is 5.69 Å². The van der Waals surface area contributed by atoms with Gasteiger partial charge in [0.15, 0.2) is 5.78 Å². The molecule has 0 saturated heterocycles. The van der Waals surface area contributed by atoms with E-state index >= 15 is 0 Å². The van der Waals surface area contributed by atoms with Crippen molar-refractivity contribution in [2.45, 2.75) is 33.4 Å². The van der Waals surface area contributed by atoms with E-state index in [1.54, 1.807) is 61.7 Å². The van der Waals surface area contributed by atoms with E-state index in [1.807, 2.05) is 0 Å². The highest BCUT2D eigenvalue weighted by molar-refractivity contribution is 5.94. The predicted octanol–water partition coefficient (Wildman–Crippen LogP) is 2.55. The van der Waals surface area contributed by atoms with Gasteiger partial charge in [0, 0.05) is 30.1 Å². The molecule has 0 aliphatic carbocycles. The van der Waals surface area contributed by atoms with E-state index in [9.17, 15) is 19.5 Å².